The molecular formula is C13H25N7O. The molecule has 1 amide bonds. The summed E-state index contributed by atoms with van der Waals surface area (Å²) in [7, 11) is 3.55. The largest absolute Gasteiger partial charge is 0.357 e. The van der Waals surface area contributed by atoms with Gasteiger partial charge in [-0.05, 0) is 20.8 Å². The van der Waals surface area contributed by atoms with Gasteiger partial charge in [-0.1, -0.05) is 0 Å². The van der Waals surface area contributed by atoms with Crippen molar-refractivity contribution in [3.8, 4) is 0 Å². The first-order valence-electron chi connectivity index (χ1n) is 7.22. The fourth-order valence-electron chi connectivity index (χ4n) is 1.82. The lowest BCUT2D eigenvalue weighted by Gasteiger charge is -2.22. The van der Waals surface area contributed by atoms with E-state index < -0.39 is 0 Å². The van der Waals surface area contributed by atoms with Gasteiger partial charge in [0.05, 0.1) is 6.54 Å². The summed E-state index contributed by atoms with van der Waals surface area (Å²) in [6, 6.07) is 0. The first kappa shape index (κ1) is 16.9. The van der Waals surface area contributed by atoms with Crippen molar-refractivity contribution in [2.24, 2.45) is 0 Å². The fraction of sp³-hybridized carbons (Fsp3) is 0.692. The average Bonchev–Trinajstić information content (AvgIpc) is 2.48. The molecule has 0 aliphatic heterocycles. The molecular weight excluding hydrogens is 270 g/mol. The zero-order valence-corrected chi connectivity index (χ0v) is 13.5. The average molecular weight is 295 g/mol. The van der Waals surface area contributed by atoms with E-state index in [2.05, 4.69) is 25.6 Å². The second-order valence-electron chi connectivity index (χ2n) is 4.49. The van der Waals surface area contributed by atoms with E-state index in [0.29, 0.717) is 24.4 Å². The normalized spacial score (nSPS) is 10.1. The van der Waals surface area contributed by atoms with Crippen molar-refractivity contribution < 1.29 is 4.79 Å². The lowest BCUT2D eigenvalue weighted by molar-refractivity contribution is -0.119. The van der Waals surface area contributed by atoms with Crippen LogP contribution in [0.5, 0.6) is 0 Å². The number of rotatable bonds is 8. The number of aromatic nitrogens is 3. The van der Waals surface area contributed by atoms with Gasteiger partial charge < -0.3 is 20.4 Å². The number of likely N-dealkylation sites (N-methyl/N-ethyl adjacent to an activating group) is 2. The van der Waals surface area contributed by atoms with Crippen LogP contribution in [0.3, 0.4) is 0 Å². The predicted molar refractivity (Wildman–Crippen MR) is 84.9 cm³/mol. The molecule has 8 nitrogen and oxygen atoms in total. The molecule has 2 N–H and O–H groups in total. The highest BCUT2D eigenvalue weighted by Gasteiger charge is 2.15. The predicted octanol–water partition coefficient (Wildman–Crippen LogP) is 0.332. The van der Waals surface area contributed by atoms with Gasteiger partial charge in [0.15, 0.2) is 0 Å². The first-order chi connectivity index (χ1) is 10.0. The number of hydrogen-bond acceptors (Lipinski definition) is 7. The molecule has 0 aliphatic carbocycles. The number of nitrogens with one attached hydrogen (secondary N) is 2. The third-order valence-corrected chi connectivity index (χ3v) is 2.98. The fourth-order valence-corrected chi connectivity index (χ4v) is 1.82. The van der Waals surface area contributed by atoms with Crippen LogP contribution in [-0.4, -0.2) is 61.1 Å². The minimum Gasteiger partial charge on any atom is -0.357 e. The molecule has 1 heterocycles. The third-order valence-electron chi connectivity index (χ3n) is 2.98. The number of hydrogen-bond donors (Lipinski definition) is 2. The van der Waals surface area contributed by atoms with Crippen LogP contribution in [0.4, 0.5) is 17.8 Å². The molecule has 0 atom stereocenters. The minimum atomic E-state index is -0.0594. The quantitative estimate of drug-likeness (QED) is 0.715. The highest BCUT2D eigenvalue weighted by Crippen LogP contribution is 2.15. The van der Waals surface area contributed by atoms with Crippen molar-refractivity contribution in [3.05, 3.63) is 0 Å². The van der Waals surface area contributed by atoms with E-state index in [1.165, 1.54) is 0 Å². The molecule has 1 rings (SSSR count). The van der Waals surface area contributed by atoms with Crippen LogP contribution in [0.15, 0.2) is 0 Å². The van der Waals surface area contributed by atoms with Gasteiger partial charge in [0.2, 0.25) is 23.8 Å². The first-order valence-corrected chi connectivity index (χ1v) is 7.22. The van der Waals surface area contributed by atoms with E-state index in [4.69, 9.17) is 0 Å². The van der Waals surface area contributed by atoms with Crippen molar-refractivity contribution >= 4 is 23.8 Å². The van der Waals surface area contributed by atoms with E-state index >= 15 is 0 Å². The van der Waals surface area contributed by atoms with Crippen molar-refractivity contribution in [3.63, 3.8) is 0 Å². The van der Waals surface area contributed by atoms with Gasteiger partial charge in [-0.3, -0.25) is 4.79 Å². The molecule has 0 aromatic carbocycles. The van der Waals surface area contributed by atoms with Crippen LogP contribution >= 0.6 is 0 Å². The Morgan fingerprint density at radius 3 is 2.24 bits per heavy atom. The molecule has 0 saturated heterocycles. The summed E-state index contributed by atoms with van der Waals surface area (Å²) in [5, 5.41) is 5.68. The molecule has 0 aliphatic rings. The molecule has 1 aromatic heterocycles. The van der Waals surface area contributed by atoms with E-state index in [9.17, 15) is 4.79 Å². The topological polar surface area (TPSA) is 86.3 Å². The zero-order valence-electron chi connectivity index (χ0n) is 13.5. The Morgan fingerprint density at radius 2 is 1.71 bits per heavy atom. The van der Waals surface area contributed by atoms with Gasteiger partial charge in [0.25, 0.3) is 0 Å². The Morgan fingerprint density at radius 1 is 1.10 bits per heavy atom. The summed E-state index contributed by atoms with van der Waals surface area (Å²) < 4.78 is 0. The van der Waals surface area contributed by atoms with Gasteiger partial charge in [-0.2, -0.15) is 15.0 Å². The lowest BCUT2D eigenvalue weighted by atomic mass is 10.5. The highest BCUT2D eigenvalue weighted by atomic mass is 16.2. The van der Waals surface area contributed by atoms with Gasteiger partial charge in [-0.25, -0.2) is 0 Å². The van der Waals surface area contributed by atoms with Gasteiger partial charge in [0.1, 0.15) is 0 Å². The summed E-state index contributed by atoms with van der Waals surface area (Å²) in [5.74, 6) is 1.51. The molecule has 1 aromatic rings. The Kier molecular flexibility index (Phi) is 6.64. The Balaban J connectivity index is 3.00. The molecule has 118 valence electrons. The molecule has 0 unspecified atom stereocenters. The van der Waals surface area contributed by atoms with E-state index in [1.54, 1.807) is 19.0 Å². The highest BCUT2D eigenvalue weighted by molar-refractivity contribution is 5.80. The summed E-state index contributed by atoms with van der Waals surface area (Å²) in [6.07, 6.45) is 0. The van der Waals surface area contributed by atoms with E-state index in [0.717, 1.165) is 13.1 Å². The number of anilines is 3. The molecule has 0 spiro atoms. The van der Waals surface area contributed by atoms with Crippen molar-refractivity contribution in [1.82, 2.24) is 20.3 Å². The molecule has 21 heavy (non-hydrogen) atoms. The molecule has 0 radical (unpaired) electrons. The monoisotopic (exact) mass is 295 g/mol. The van der Waals surface area contributed by atoms with Crippen molar-refractivity contribution in [2.45, 2.75) is 20.8 Å². The second kappa shape index (κ2) is 8.23. The van der Waals surface area contributed by atoms with Crippen LogP contribution in [0.1, 0.15) is 20.8 Å². The Bertz CT molecular complexity index is 462. The SMILES string of the molecule is CCNC(=O)CN(C)c1nc(NC)nc(N(CC)CC)n1. The van der Waals surface area contributed by atoms with Crippen LogP contribution in [0.25, 0.3) is 0 Å². The summed E-state index contributed by atoms with van der Waals surface area (Å²) in [6.45, 7) is 8.41. The third kappa shape index (κ3) is 4.73. The van der Waals surface area contributed by atoms with Gasteiger partial charge >= 0.3 is 0 Å². The van der Waals surface area contributed by atoms with E-state index in [1.807, 2.05) is 25.7 Å². The maximum absolute atomic E-state index is 11.7. The molecule has 0 bridgehead atoms. The Labute approximate surface area is 126 Å². The Hall–Kier alpha value is -2.12. The van der Waals surface area contributed by atoms with Crippen molar-refractivity contribution in [1.29, 1.82) is 0 Å². The summed E-state index contributed by atoms with van der Waals surface area (Å²) in [5.41, 5.74) is 0. The number of amides is 1. The van der Waals surface area contributed by atoms with Crippen molar-refractivity contribution in [2.75, 3.05) is 55.4 Å². The summed E-state index contributed by atoms with van der Waals surface area (Å²) in [4.78, 5) is 28.5. The number of carbonyl (C=O) groups excluding carboxylic acids is 1. The lowest BCUT2D eigenvalue weighted by Crippen LogP contribution is -2.36. The minimum absolute atomic E-state index is 0.0594. The maximum Gasteiger partial charge on any atom is 0.239 e. The maximum atomic E-state index is 11.7. The standard InChI is InChI=1S/C13H25N7O/c1-6-15-10(21)9-19(5)12-16-11(14-4)17-13(18-12)20(7-2)8-3/h6-9H2,1-5H3,(H,15,21)(H,14,16,17,18). The van der Waals surface area contributed by atoms with Crippen LogP contribution < -0.4 is 20.4 Å². The molecule has 0 saturated carbocycles. The number of nitrogens with zero attached hydrogens (tertiary/aromatic N) is 5. The smallest absolute Gasteiger partial charge is 0.239 e. The van der Waals surface area contributed by atoms with E-state index in [-0.39, 0.29) is 12.5 Å². The van der Waals surface area contributed by atoms with Crippen LogP contribution in [0, 0.1) is 0 Å². The number of carbonyl (C=O) groups is 1. The van der Waals surface area contributed by atoms with Crippen LogP contribution in [-0.2, 0) is 4.79 Å². The van der Waals surface area contributed by atoms with Crippen LogP contribution in [0.2, 0.25) is 0 Å². The molecule has 8 heteroatoms. The second-order valence-corrected chi connectivity index (χ2v) is 4.49. The zero-order chi connectivity index (χ0) is 15.8. The van der Waals surface area contributed by atoms with Gasteiger partial charge in [0, 0.05) is 33.7 Å². The molecule has 0 fully saturated rings. The van der Waals surface area contributed by atoms with Gasteiger partial charge in [-0.15, -0.1) is 0 Å². The summed E-state index contributed by atoms with van der Waals surface area (Å²) >= 11 is 0.